The van der Waals surface area contributed by atoms with Crippen LogP contribution >= 0.6 is 22.7 Å². The van der Waals surface area contributed by atoms with Crippen molar-refractivity contribution in [3.05, 3.63) is 176 Å². The minimum atomic E-state index is 1.13. The molecule has 0 atom stereocenters. The molecular formula is C46H29NS2. The van der Waals surface area contributed by atoms with E-state index in [-0.39, 0.29) is 0 Å². The summed E-state index contributed by atoms with van der Waals surface area (Å²) in [6, 6.07) is 64.5. The van der Waals surface area contributed by atoms with Gasteiger partial charge in [-0.3, -0.25) is 0 Å². The zero-order chi connectivity index (χ0) is 32.3. The van der Waals surface area contributed by atoms with Crippen LogP contribution in [0.1, 0.15) is 0 Å². The third kappa shape index (κ3) is 4.74. The lowest BCUT2D eigenvalue weighted by molar-refractivity contribution is 1.30. The summed E-state index contributed by atoms with van der Waals surface area (Å²) in [6.45, 7) is 0. The molecule has 0 saturated heterocycles. The van der Waals surface area contributed by atoms with Crippen molar-refractivity contribution >= 4 is 90.9 Å². The molecular weight excluding hydrogens is 631 g/mol. The van der Waals surface area contributed by atoms with Gasteiger partial charge in [0, 0.05) is 57.1 Å². The van der Waals surface area contributed by atoms with Crippen LogP contribution in [-0.4, -0.2) is 0 Å². The Bertz CT molecular complexity index is 2830. The van der Waals surface area contributed by atoms with E-state index >= 15 is 0 Å². The average molecular weight is 660 g/mol. The van der Waals surface area contributed by atoms with Gasteiger partial charge in [0.05, 0.1) is 5.69 Å². The summed E-state index contributed by atoms with van der Waals surface area (Å²) in [5, 5.41) is 7.74. The van der Waals surface area contributed by atoms with Crippen LogP contribution in [0.15, 0.2) is 176 Å². The fourth-order valence-electron chi connectivity index (χ4n) is 7.34. The number of benzene rings is 8. The van der Waals surface area contributed by atoms with Crippen molar-refractivity contribution < 1.29 is 0 Å². The first kappa shape index (κ1) is 28.3. The second kappa shape index (κ2) is 11.5. The summed E-state index contributed by atoms with van der Waals surface area (Å²) in [7, 11) is 0. The molecule has 2 aromatic heterocycles. The molecule has 0 saturated carbocycles. The van der Waals surface area contributed by atoms with E-state index < -0.39 is 0 Å². The Labute approximate surface area is 292 Å². The third-order valence-electron chi connectivity index (χ3n) is 9.68. The Morgan fingerprint density at radius 3 is 1.63 bits per heavy atom. The third-order valence-corrected chi connectivity index (χ3v) is 12.0. The Morgan fingerprint density at radius 2 is 0.857 bits per heavy atom. The van der Waals surface area contributed by atoms with Crippen LogP contribution < -0.4 is 4.90 Å². The SMILES string of the molecule is c1ccc(-c2ccc(N(c3ccc4c(c3)sc3ccccc34)c3ccc(-c4ccc5sc6ccccc6c5c4)c4ccccc34)cc2)cc1. The lowest BCUT2D eigenvalue weighted by atomic mass is 9.95. The molecule has 3 heteroatoms. The van der Waals surface area contributed by atoms with Gasteiger partial charge >= 0.3 is 0 Å². The predicted octanol–water partition coefficient (Wildman–Crippen LogP) is 14.4. The van der Waals surface area contributed by atoms with Crippen LogP contribution in [0.25, 0.3) is 73.4 Å². The zero-order valence-electron chi connectivity index (χ0n) is 26.5. The number of anilines is 3. The van der Waals surface area contributed by atoms with Gasteiger partial charge in [0.2, 0.25) is 0 Å². The molecule has 1 nitrogen and oxygen atoms in total. The normalized spacial score (nSPS) is 11.7. The van der Waals surface area contributed by atoms with Gasteiger partial charge in [0.25, 0.3) is 0 Å². The first-order valence-corrected chi connectivity index (χ1v) is 18.2. The van der Waals surface area contributed by atoms with Crippen LogP contribution in [0.4, 0.5) is 17.1 Å². The summed E-state index contributed by atoms with van der Waals surface area (Å²) >= 11 is 3.73. The van der Waals surface area contributed by atoms with Crippen LogP contribution in [-0.2, 0) is 0 Å². The number of nitrogens with zero attached hydrogens (tertiary/aromatic N) is 1. The van der Waals surface area contributed by atoms with Crippen LogP contribution in [0, 0.1) is 0 Å². The second-order valence-electron chi connectivity index (χ2n) is 12.5. The largest absolute Gasteiger partial charge is 0.310 e. The molecule has 0 amide bonds. The highest BCUT2D eigenvalue weighted by molar-refractivity contribution is 7.26. The van der Waals surface area contributed by atoms with E-state index in [0.717, 1.165) is 17.1 Å². The number of thiophene rings is 2. The van der Waals surface area contributed by atoms with Gasteiger partial charge in [-0.2, -0.15) is 0 Å². The molecule has 10 aromatic rings. The summed E-state index contributed by atoms with van der Waals surface area (Å²) < 4.78 is 5.27. The fraction of sp³-hybridized carbons (Fsp3) is 0. The second-order valence-corrected chi connectivity index (χ2v) is 14.7. The maximum Gasteiger partial charge on any atom is 0.0540 e. The molecule has 49 heavy (non-hydrogen) atoms. The Balaban J connectivity index is 1.17. The van der Waals surface area contributed by atoms with Crippen molar-refractivity contribution in [2.75, 3.05) is 4.90 Å². The van der Waals surface area contributed by atoms with Crippen LogP contribution in [0.3, 0.4) is 0 Å². The number of rotatable bonds is 5. The lowest BCUT2D eigenvalue weighted by Crippen LogP contribution is -2.10. The Kier molecular flexibility index (Phi) is 6.61. The topological polar surface area (TPSA) is 3.24 Å². The van der Waals surface area contributed by atoms with Gasteiger partial charge in [0.15, 0.2) is 0 Å². The standard InChI is InChI=1S/C46H29NS2/c1-2-10-30(11-3-1)31-18-21-33(22-19-31)47(34-23-24-40-38-14-6-8-16-43(38)49-46(40)29-34)42-26-25-35(36-12-4-5-13-37(36)42)32-20-27-45-41(28-32)39-15-7-9-17-44(39)48-45/h1-29H. The minimum Gasteiger partial charge on any atom is -0.310 e. The molecule has 0 fully saturated rings. The van der Waals surface area contributed by atoms with Crippen molar-refractivity contribution in [1.29, 1.82) is 0 Å². The van der Waals surface area contributed by atoms with E-state index in [1.165, 1.54) is 73.4 Å². The molecule has 0 N–H and O–H groups in total. The molecule has 0 spiro atoms. The van der Waals surface area contributed by atoms with Crippen molar-refractivity contribution in [2.45, 2.75) is 0 Å². The van der Waals surface area contributed by atoms with E-state index in [4.69, 9.17) is 0 Å². The monoisotopic (exact) mass is 659 g/mol. The Hall–Kier alpha value is -5.74. The number of hydrogen-bond donors (Lipinski definition) is 0. The van der Waals surface area contributed by atoms with Crippen LogP contribution in [0.5, 0.6) is 0 Å². The fourth-order valence-corrected chi connectivity index (χ4v) is 9.56. The lowest BCUT2D eigenvalue weighted by Gasteiger charge is -2.28. The van der Waals surface area contributed by atoms with E-state index in [1.54, 1.807) is 0 Å². The number of hydrogen-bond acceptors (Lipinski definition) is 3. The summed E-state index contributed by atoms with van der Waals surface area (Å²) in [5.41, 5.74) is 8.35. The zero-order valence-corrected chi connectivity index (χ0v) is 28.1. The van der Waals surface area contributed by atoms with Crippen molar-refractivity contribution in [1.82, 2.24) is 0 Å². The van der Waals surface area contributed by atoms with Gasteiger partial charge in [0.1, 0.15) is 0 Å². The molecule has 0 radical (unpaired) electrons. The van der Waals surface area contributed by atoms with E-state index in [9.17, 15) is 0 Å². The quantitative estimate of drug-likeness (QED) is 0.178. The highest BCUT2D eigenvalue weighted by Crippen LogP contribution is 2.45. The molecule has 10 rings (SSSR count). The van der Waals surface area contributed by atoms with Gasteiger partial charge in [-0.15, -0.1) is 22.7 Å². The van der Waals surface area contributed by atoms with Gasteiger partial charge in [-0.25, -0.2) is 0 Å². The van der Waals surface area contributed by atoms with Gasteiger partial charge in [-0.05, 0) is 82.2 Å². The van der Waals surface area contributed by atoms with Crippen molar-refractivity contribution in [3.8, 4) is 22.3 Å². The molecule has 0 aliphatic carbocycles. The summed E-state index contributed by atoms with van der Waals surface area (Å²) in [4.78, 5) is 2.43. The molecule has 0 bridgehead atoms. The molecule has 8 aromatic carbocycles. The van der Waals surface area contributed by atoms with E-state index in [2.05, 4.69) is 181 Å². The van der Waals surface area contributed by atoms with Crippen LogP contribution in [0.2, 0.25) is 0 Å². The molecule has 230 valence electrons. The van der Waals surface area contributed by atoms with Crippen molar-refractivity contribution in [3.63, 3.8) is 0 Å². The average Bonchev–Trinajstić information content (AvgIpc) is 3.73. The van der Waals surface area contributed by atoms with Gasteiger partial charge in [-0.1, -0.05) is 121 Å². The maximum absolute atomic E-state index is 2.43. The maximum atomic E-state index is 2.43. The van der Waals surface area contributed by atoms with E-state index in [1.807, 2.05) is 22.7 Å². The summed E-state index contributed by atoms with van der Waals surface area (Å²) in [6.07, 6.45) is 0. The predicted molar refractivity (Wildman–Crippen MR) is 215 cm³/mol. The smallest absolute Gasteiger partial charge is 0.0540 e. The highest BCUT2D eigenvalue weighted by Gasteiger charge is 2.19. The first-order valence-electron chi connectivity index (χ1n) is 16.6. The van der Waals surface area contributed by atoms with Crippen molar-refractivity contribution in [2.24, 2.45) is 0 Å². The molecule has 0 unspecified atom stereocenters. The minimum absolute atomic E-state index is 1.13. The molecule has 2 heterocycles. The molecule has 0 aliphatic heterocycles. The molecule has 0 aliphatic rings. The highest BCUT2D eigenvalue weighted by atomic mass is 32.1. The summed E-state index contributed by atoms with van der Waals surface area (Å²) in [5.74, 6) is 0. The Morgan fingerprint density at radius 1 is 0.306 bits per heavy atom. The van der Waals surface area contributed by atoms with Gasteiger partial charge < -0.3 is 4.90 Å². The number of fused-ring (bicyclic) bond motifs is 7. The first-order chi connectivity index (χ1) is 24.3. The van der Waals surface area contributed by atoms with E-state index in [0.29, 0.717) is 0 Å².